The molecule has 9 nitrogen and oxygen atoms in total. The number of primary amides is 1. The molecule has 0 saturated carbocycles. The van der Waals surface area contributed by atoms with Crippen LogP contribution < -0.4 is 10.6 Å². The molecule has 0 unspecified atom stereocenters. The second kappa shape index (κ2) is 7.59. The van der Waals surface area contributed by atoms with E-state index >= 15 is 0 Å². The van der Waals surface area contributed by atoms with Crippen molar-refractivity contribution in [2.24, 2.45) is 11.7 Å². The zero-order valence-electron chi connectivity index (χ0n) is 15.7. The second-order valence-electron chi connectivity index (χ2n) is 7.22. The van der Waals surface area contributed by atoms with Crippen LogP contribution in [-0.2, 0) is 9.63 Å². The molecule has 0 bridgehead atoms. The normalized spacial score (nSPS) is 20.5. The highest BCUT2D eigenvalue weighted by Crippen LogP contribution is 2.34. The van der Waals surface area contributed by atoms with Crippen LogP contribution in [0.1, 0.15) is 47.1 Å². The summed E-state index contributed by atoms with van der Waals surface area (Å²) in [5, 5.41) is 1.49. The molecule has 1 atom stereocenters. The van der Waals surface area contributed by atoms with E-state index in [1.165, 1.54) is 11.4 Å². The van der Waals surface area contributed by atoms with E-state index in [0.717, 1.165) is 17.7 Å². The zero-order valence-corrected chi connectivity index (χ0v) is 15.7. The average molecular weight is 385 g/mol. The monoisotopic (exact) mass is 385 g/mol. The van der Waals surface area contributed by atoms with Crippen LogP contribution in [0.3, 0.4) is 0 Å². The van der Waals surface area contributed by atoms with Gasteiger partial charge in [-0.05, 0) is 31.4 Å². The van der Waals surface area contributed by atoms with Gasteiger partial charge in [0.2, 0.25) is 5.91 Å². The van der Waals surface area contributed by atoms with Crippen LogP contribution in [-0.4, -0.2) is 46.5 Å². The van der Waals surface area contributed by atoms with Gasteiger partial charge in [0.1, 0.15) is 29.6 Å². The average Bonchev–Trinajstić information content (AvgIpc) is 3.36. The van der Waals surface area contributed by atoms with Crippen molar-refractivity contribution in [2.45, 2.75) is 32.2 Å². The Hall–Kier alpha value is -2.94. The molecule has 0 spiro atoms. The van der Waals surface area contributed by atoms with Crippen molar-refractivity contribution in [2.75, 3.05) is 24.6 Å². The van der Waals surface area contributed by atoms with Gasteiger partial charge in [-0.25, -0.2) is 15.0 Å². The topological polar surface area (TPSA) is 115 Å². The number of carbonyl (C=O) groups is 2. The number of aryl methyl sites for hydroxylation is 1. The molecule has 2 amide bonds. The second-order valence-corrected chi connectivity index (χ2v) is 7.22. The van der Waals surface area contributed by atoms with Gasteiger partial charge in [-0.1, -0.05) is 0 Å². The van der Waals surface area contributed by atoms with Crippen molar-refractivity contribution >= 4 is 17.6 Å². The number of hydrogen-bond donors (Lipinski definition) is 1. The Labute approximate surface area is 162 Å². The molecule has 0 aromatic carbocycles. The predicted octanol–water partition coefficient (Wildman–Crippen LogP) is 1.60. The third-order valence-corrected chi connectivity index (χ3v) is 5.27. The number of nitrogens with two attached hydrogens (primary N) is 1. The first kappa shape index (κ1) is 18.4. The Balaban J connectivity index is 1.40. The third-order valence-electron chi connectivity index (χ3n) is 5.27. The first-order valence-electron chi connectivity index (χ1n) is 9.40. The Kier molecular flexibility index (Phi) is 4.99. The summed E-state index contributed by atoms with van der Waals surface area (Å²) in [6.45, 7) is 3.78. The maximum atomic E-state index is 13.0. The number of carbonyl (C=O) groups excluding carboxylic acids is 2. The minimum Gasteiger partial charge on any atom is -0.467 e. The highest BCUT2D eigenvalue weighted by Gasteiger charge is 2.38. The van der Waals surface area contributed by atoms with Gasteiger partial charge in [-0.2, -0.15) is 0 Å². The maximum Gasteiger partial charge on any atom is 0.267 e. The number of hydroxylamine groups is 2. The highest BCUT2D eigenvalue weighted by molar-refractivity contribution is 5.91. The van der Waals surface area contributed by atoms with Gasteiger partial charge >= 0.3 is 0 Å². The molecular formula is C19H23N5O4. The van der Waals surface area contributed by atoms with Crippen molar-refractivity contribution in [1.82, 2.24) is 15.0 Å². The van der Waals surface area contributed by atoms with Gasteiger partial charge in [0.25, 0.3) is 5.91 Å². The largest absolute Gasteiger partial charge is 0.467 e. The zero-order chi connectivity index (χ0) is 19.7. The molecule has 0 aliphatic carbocycles. The molecular weight excluding hydrogens is 362 g/mol. The van der Waals surface area contributed by atoms with Crippen molar-refractivity contribution in [3.63, 3.8) is 0 Å². The lowest BCUT2D eigenvalue weighted by molar-refractivity contribution is -0.183. The van der Waals surface area contributed by atoms with E-state index in [1.807, 2.05) is 17.9 Å². The fourth-order valence-corrected chi connectivity index (χ4v) is 3.76. The molecule has 2 aliphatic rings. The highest BCUT2D eigenvalue weighted by atomic mass is 16.7. The summed E-state index contributed by atoms with van der Waals surface area (Å²) in [4.78, 5) is 40.1. The number of furan rings is 1. The van der Waals surface area contributed by atoms with Crippen LogP contribution in [0.25, 0.3) is 0 Å². The van der Waals surface area contributed by atoms with Crippen LogP contribution in [0.2, 0.25) is 0 Å². The van der Waals surface area contributed by atoms with Crippen LogP contribution in [0, 0.1) is 12.8 Å². The third kappa shape index (κ3) is 3.57. The van der Waals surface area contributed by atoms with Gasteiger partial charge in [-0.15, -0.1) is 0 Å². The Morgan fingerprint density at radius 2 is 1.96 bits per heavy atom. The summed E-state index contributed by atoms with van der Waals surface area (Å²) in [6.07, 6.45) is 5.11. The summed E-state index contributed by atoms with van der Waals surface area (Å²) in [5.41, 5.74) is 6.50. The van der Waals surface area contributed by atoms with Crippen LogP contribution in [0.4, 0.5) is 5.82 Å². The first-order chi connectivity index (χ1) is 13.5. The Morgan fingerprint density at radius 3 is 2.64 bits per heavy atom. The summed E-state index contributed by atoms with van der Waals surface area (Å²) >= 11 is 0. The van der Waals surface area contributed by atoms with Crippen LogP contribution in [0.15, 0.2) is 29.1 Å². The van der Waals surface area contributed by atoms with Crippen molar-refractivity contribution < 1.29 is 18.8 Å². The lowest BCUT2D eigenvalue weighted by Crippen LogP contribution is -2.42. The minimum absolute atomic E-state index is 0.00304. The molecule has 0 radical (unpaired) electrons. The van der Waals surface area contributed by atoms with Crippen LogP contribution >= 0.6 is 0 Å². The van der Waals surface area contributed by atoms with E-state index in [-0.39, 0.29) is 23.6 Å². The van der Waals surface area contributed by atoms with Crippen molar-refractivity contribution in [3.8, 4) is 0 Å². The number of piperidine rings is 1. The standard InChI is InChI=1S/C19H23N5O4/c1-12-8-16(27-10-12)15-4-7-28-24(15)19(26)13-2-5-23(6-3-13)17-9-14(18(20)25)21-11-22-17/h8-11,13,15H,2-7H2,1H3,(H2,20,25)/t15-/m0/s1. The van der Waals surface area contributed by atoms with E-state index in [0.29, 0.717) is 38.4 Å². The maximum absolute atomic E-state index is 13.0. The number of nitrogens with zero attached hydrogens (tertiary/aromatic N) is 4. The van der Waals surface area contributed by atoms with Crippen molar-refractivity contribution in [1.29, 1.82) is 0 Å². The number of amides is 2. The molecule has 2 aromatic heterocycles. The van der Waals surface area contributed by atoms with E-state index < -0.39 is 5.91 Å². The van der Waals surface area contributed by atoms with Crippen molar-refractivity contribution in [3.05, 3.63) is 41.7 Å². The fourth-order valence-electron chi connectivity index (χ4n) is 3.76. The van der Waals surface area contributed by atoms with Crippen LogP contribution in [0.5, 0.6) is 0 Å². The number of hydrogen-bond acceptors (Lipinski definition) is 7. The molecule has 9 heteroatoms. The van der Waals surface area contributed by atoms with Gasteiger partial charge in [0, 0.05) is 31.5 Å². The molecule has 2 N–H and O–H groups in total. The summed E-state index contributed by atoms with van der Waals surface area (Å²) in [6, 6.07) is 3.37. The van der Waals surface area contributed by atoms with Gasteiger partial charge in [-0.3, -0.25) is 14.4 Å². The van der Waals surface area contributed by atoms with Gasteiger partial charge < -0.3 is 15.1 Å². The number of anilines is 1. The lowest BCUT2D eigenvalue weighted by Gasteiger charge is -2.34. The predicted molar refractivity (Wildman–Crippen MR) is 99.1 cm³/mol. The van der Waals surface area contributed by atoms with Gasteiger partial charge in [0.05, 0.1) is 12.9 Å². The van der Waals surface area contributed by atoms with E-state index in [2.05, 4.69) is 9.97 Å². The van der Waals surface area contributed by atoms with Gasteiger partial charge in [0.15, 0.2) is 0 Å². The minimum atomic E-state index is -0.584. The Morgan fingerprint density at radius 1 is 1.18 bits per heavy atom. The molecule has 4 heterocycles. The van der Waals surface area contributed by atoms with E-state index in [4.69, 9.17) is 15.0 Å². The first-order valence-corrected chi connectivity index (χ1v) is 9.40. The molecule has 148 valence electrons. The lowest BCUT2D eigenvalue weighted by atomic mass is 9.95. The molecule has 2 aromatic rings. The molecule has 2 saturated heterocycles. The molecule has 2 aliphatic heterocycles. The number of rotatable bonds is 4. The SMILES string of the molecule is Cc1coc([C@@H]2CCON2C(=O)C2CCN(c3cc(C(N)=O)ncn3)CC2)c1. The summed E-state index contributed by atoms with van der Waals surface area (Å²) in [7, 11) is 0. The number of aromatic nitrogens is 2. The smallest absolute Gasteiger partial charge is 0.267 e. The molecule has 4 rings (SSSR count). The molecule has 28 heavy (non-hydrogen) atoms. The summed E-state index contributed by atoms with van der Waals surface area (Å²) in [5.74, 6) is 0.706. The van der Waals surface area contributed by atoms with E-state index in [1.54, 1.807) is 12.3 Å². The summed E-state index contributed by atoms with van der Waals surface area (Å²) < 4.78 is 5.59. The fraction of sp³-hybridized carbons (Fsp3) is 0.474. The molecule has 2 fully saturated rings. The van der Waals surface area contributed by atoms with E-state index in [9.17, 15) is 9.59 Å². The quantitative estimate of drug-likeness (QED) is 0.850. The Bertz CT molecular complexity index is 875.